The number of benzene rings is 2. The Morgan fingerprint density at radius 1 is 0.826 bits per heavy atom. The summed E-state index contributed by atoms with van der Waals surface area (Å²) in [6.45, 7) is 15.0. The predicted octanol–water partition coefficient (Wildman–Crippen LogP) is 6.79. The predicted molar refractivity (Wildman–Crippen MR) is 110 cm³/mol. The maximum Gasteiger partial charge on any atom is 0.119 e. The summed E-state index contributed by atoms with van der Waals surface area (Å²) in [5, 5.41) is 0. The molecular formula is C21H34OS. The number of aryl methyl sites for hydroxylation is 2. The highest BCUT2D eigenvalue weighted by atomic mass is 32.1. The van der Waals surface area contributed by atoms with Gasteiger partial charge in [0.05, 0.1) is 6.61 Å². The molecule has 0 fully saturated rings. The minimum Gasteiger partial charge on any atom is -0.494 e. The summed E-state index contributed by atoms with van der Waals surface area (Å²) < 4.78 is 5.56. The first-order valence-electron chi connectivity index (χ1n) is 8.57. The molecule has 0 radical (unpaired) electrons. The van der Waals surface area contributed by atoms with Crippen LogP contribution in [0.2, 0.25) is 0 Å². The van der Waals surface area contributed by atoms with Crippen LogP contribution in [0.4, 0.5) is 0 Å². The van der Waals surface area contributed by atoms with Gasteiger partial charge in [-0.15, -0.1) is 0 Å². The molecule has 2 heteroatoms. The Hall–Kier alpha value is -1.41. The molecule has 2 aromatic rings. The van der Waals surface area contributed by atoms with Crippen LogP contribution in [0.3, 0.4) is 0 Å². The van der Waals surface area contributed by atoms with Crippen LogP contribution >= 0.6 is 13.5 Å². The molecule has 23 heavy (non-hydrogen) atoms. The molecule has 0 atom stereocenters. The summed E-state index contributed by atoms with van der Waals surface area (Å²) in [6.07, 6.45) is 1.02. The quantitative estimate of drug-likeness (QED) is 0.598. The normalized spacial score (nSPS) is 8.65. The van der Waals surface area contributed by atoms with Crippen LogP contribution in [0, 0.1) is 6.92 Å². The van der Waals surface area contributed by atoms with E-state index in [1.54, 1.807) is 0 Å². The molecule has 0 aliphatic carbocycles. The molecule has 0 spiro atoms. The lowest BCUT2D eigenvalue weighted by atomic mass is 9.97. The molecule has 0 aliphatic heterocycles. The maximum absolute atomic E-state index is 5.56. The largest absolute Gasteiger partial charge is 0.494 e. The summed E-state index contributed by atoms with van der Waals surface area (Å²) in [4.78, 5) is 0. The van der Waals surface area contributed by atoms with Crippen molar-refractivity contribution in [1.82, 2.24) is 0 Å². The van der Waals surface area contributed by atoms with Crippen molar-refractivity contribution in [3.63, 3.8) is 0 Å². The van der Waals surface area contributed by atoms with E-state index in [1.165, 1.54) is 22.3 Å². The van der Waals surface area contributed by atoms with Gasteiger partial charge < -0.3 is 4.74 Å². The summed E-state index contributed by atoms with van der Waals surface area (Å²) >= 11 is 0. The summed E-state index contributed by atoms with van der Waals surface area (Å²) in [5.41, 5.74) is 5.22. The molecule has 2 rings (SSSR count). The molecule has 0 heterocycles. The van der Waals surface area contributed by atoms with E-state index < -0.39 is 0 Å². The second-order valence-corrected chi connectivity index (χ2v) is 4.47. The van der Waals surface area contributed by atoms with E-state index in [0.717, 1.165) is 12.2 Å². The van der Waals surface area contributed by atoms with E-state index in [-0.39, 0.29) is 13.5 Å². The van der Waals surface area contributed by atoms with Crippen molar-refractivity contribution in [2.24, 2.45) is 0 Å². The lowest BCUT2D eigenvalue weighted by Crippen LogP contribution is -1.94. The first kappa shape index (κ1) is 23.9. The van der Waals surface area contributed by atoms with Crippen LogP contribution in [0.1, 0.15) is 52.7 Å². The van der Waals surface area contributed by atoms with Gasteiger partial charge in [0.2, 0.25) is 0 Å². The van der Waals surface area contributed by atoms with E-state index in [2.05, 4.69) is 56.3 Å². The zero-order valence-corrected chi connectivity index (χ0v) is 16.9. The minimum absolute atomic E-state index is 0. The average molecular weight is 335 g/mol. The van der Waals surface area contributed by atoms with Crippen LogP contribution in [0.5, 0.6) is 5.75 Å². The van der Waals surface area contributed by atoms with Gasteiger partial charge in [0.1, 0.15) is 5.75 Å². The van der Waals surface area contributed by atoms with Gasteiger partial charge in [0.25, 0.3) is 0 Å². The number of rotatable bonds is 4. The molecule has 0 bridgehead atoms. The highest BCUT2D eigenvalue weighted by Crippen LogP contribution is 2.28. The third kappa shape index (κ3) is 7.60. The van der Waals surface area contributed by atoms with E-state index >= 15 is 0 Å². The van der Waals surface area contributed by atoms with Crippen molar-refractivity contribution in [3.05, 3.63) is 53.6 Å². The lowest BCUT2D eigenvalue weighted by molar-refractivity contribution is 0.340. The fourth-order valence-corrected chi connectivity index (χ4v) is 2.13. The Morgan fingerprint density at radius 2 is 1.39 bits per heavy atom. The molecular weight excluding hydrogens is 300 g/mol. The highest BCUT2D eigenvalue weighted by molar-refractivity contribution is 7.59. The fraction of sp³-hybridized carbons (Fsp3) is 0.429. The number of hydrogen-bond donors (Lipinski definition) is 0. The standard InChI is InChI=1S/C17H20O.2C2H6.H2S/c1-4-14-12-16(18-5-2)10-11-17(14)15-8-6-13(3)7-9-15;2*1-2;/h6-12H,4-5H2,1-3H3;2*1-2H3;1H2. The van der Waals surface area contributed by atoms with Gasteiger partial charge >= 0.3 is 0 Å². The van der Waals surface area contributed by atoms with Gasteiger partial charge in [0.15, 0.2) is 0 Å². The van der Waals surface area contributed by atoms with Gasteiger partial charge in [-0.25, -0.2) is 0 Å². The second kappa shape index (κ2) is 14.2. The molecule has 0 amide bonds. The molecule has 130 valence electrons. The van der Waals surface area contributed by atoms with Crippen molar-refractivity contribution in [2.45, 2.75) is 54.9 Å². The summed E-state index contributed by atoms with van der Waals surface area (Å²) in [7, 11) is 0. The Balaban J connectivity index is 0. The Labute approximate surface area is 150 Å². The molecule has 0 N–H and O–H groups in total. The smallest absolute Gasteiger partial charge is 0.119 e. The van der Waals surface area contributed by atoms with Crippen molar-refractivity contribution < 1.29 is 4.74 Å². The van der Waals surface area contributed by atoms with Gasteiger partial charge in [-0.1, -0.05) is 70.5 Å². The van der Waals surface area contributed by atoms with E-state index in [9.17, 15) is 0 Å². The number of ether oxygens (including phenoxy) is 1. The third-order valence-corrected chi connectivity index (χ3v) is 3.13. The van der Waals surface area contributed by atoms with Gasteiger partial charge in [-0.3, -0.25) is 0 Å². The first-order chi connectivity index (χ1) is 10.7. The number of hydrogen-bond acceptors (Lipinski definition) is 1. The zero-order chi connectivity index (χ0) is 17.0. The Kier molecular flexibility index (Phi) is 14.7. The SMILES string of the molecule is CC.CC.CCOc1ccc(-c2ccc(C)cc2)c(CC)c1.S. The van der Waals surface area contributed by atoms with Crippen molar-refractivity contribution in [3.8, 4) is 16.9 Å². The minimum atomic E-state index is 0. The maximum atomic E-state index is 5.56. The van der Waals surface area contributed by atoms with Gasteiger partial charge in [0, 0.05) is 0 Å². The van der Waals surface area contributed by atoms with Crippen molar-refractivity contribution in [1.29, 1.82) is 0 Å². The highest BCUT2D eigenvalue weighted by Gasteiger charge is 2.05. The van der Waals surface area contributed by atoms with Crippen LogP contribution in [-0.2, 0) is 6.42 Å². The molecule has 0 aromatic heterocycles. The Morgan fingerprint density at radius 3 is 1.87 bits per heavy atom. The molecule has 1 nitrogen and oxygen atoms in total. The topological polar surface area (TPSA) is 9.23 Å². The summed E-state index contributed by atoms with van der Waals surface area (Å²) in [6, 6.07) is 15.1. The first-order valence-corrected chi connectivity index (χ1v) is 8.57. The van der Waals surface area contributed by atoms with Gasteiger partial charge in [-0.05, 0) is 49.1 Å². The average Bonchev–Trinajstić information content (AvgIpc) is 2.59. The lowest BCUT2D eigenvalue weighted by Gasteiger charge is -2.11. The van der Waals surface area contributed by atoms with Crippen LogP contribution in [0.25, 0.3) is 11.1 Å². The fourth-order valence-electron chi connectivity index (χ4n) is 2.13. The van der Waals surface area contributed by atoms with Crippen LogP contribution < -0.4 is 4.74 Å². The molecule has 0 aliphatic rings. The third-order valence-electron chi connectivity index (χ3n) is 3.13. The molecule has 0 saturated carbocycles. The van der Waals surface area contributed by atoms with Crippen molar-refractivity contribution >= 4 is 13.5 Å². The van der Waals surface area contributed by atoms with E-state index in [4.69, 9.17) is 4.74 Å². The van der Waals surface area contributed by atoms with Crippen LogP contribution in [0.15, 0.2) is 42.5 Å². The zero-order valence-electron chi connectivity index (χ0n) is 15.9. The van der Waals surface area contributed by atoms with E-state index in [0.29, 0.717) is 6.61 Å². The van der Waals surface area contributed by atoms with Crippen LogP contribution in [-0.4, -0.2) is 6.61 Å². The van der Waals surface area contributed by atoms with Gasteiger partial charge in [-0.2, -0.15) is 13.5 Å². The Bertz CT molecular complexity index is 518. The monoisotopic (exact) mass is 334 g/mol. The van der Waals surface area contributed by atoms with E-state index in [1.807, 2.05) is 34.6 Å². The molecule has 0 unspecified atom stereocenters. The van der Waals surface area contributed by atoms with Crippen molar-refractivity contribution in [2.75, 3.05) is 6.61 Å². The molecule has 2 aromatic carbocycles. The molecule has 0 saturated heterocycles. The second-order valence-electron chi connectivity index (χ2n) is 4.47. The summed E-state index contributed by atoms with van der Waals surface area (Å²) in [5.74, 6) is 0.963.